The number of ether oxygens (including phenoxy) is 2. The Kier molecular flexibility index (Phi) is 5.36. The highest BCUT2D eigenvalue weighted by Crippen LogP contribution is 2.43. The molecule has 1 aliphatic heterocycles. The van der Waals surface area contributed by atoms with E-state index >= 15 is 0 Å². The summed E-state index contributed by atoms with van der Waals surface area (Å²) in [6, 6.07) is 9.89. The minimum atomic E-state index is -3.86. The molecule has 0 aromatic heterocycles. The third-order valence-electron chi connectivity index (χ3n) is 4.66. The van der Waals surface area contributed by atoms with Crippen LogP contribution in [0.1, 0.15) is 24.3 Å². The molecule has 0 spiro atoms. The molecule has 0 radical (unpaired) electrons. The van der Waals surface area contributed by atoms with Gasteiger partial charge in [-0.1, -0.05) is 0 Å². The average Bonchev–Trinajstić information content (AvgIpc) is 3.05. The van der Waals surface area contributed by atoms with Crippen LogP contribution in [0.5, 0.6) is 5.75 Å². The maximum Gasteiger partial charge on any atom is 0.305 e. The molecule has 0 saturated carbocycles. The Labute approximate surface area is 157 Å². The highest BCUT2D eigenvalue weighted by Gasteiger charge is 2.37. The van der Waals surface area contributed by atoms with Gasteiger partial charge in [0.15, 0.2) is 0 Å². The summed E-state index contributed by atoms with van der Waals surface area (Å²) in [6.45, 7) is 0.194. The minimum absolute atomic E-state index is 0.0132. The van der Waals surface area contributed by atoms with Crippen LogP contribution in [0.3, 0.4) is 0 Å². The normalized spacial score (nSPS) is 16.1. The number of esters is 1. The molecule has 0 bridgehead atoms. The standard InChI is InChI=1S/C19H20FNO5S/c1-25-15-6-9-18-17(11-15)13(3-10-19(22)26-2)12-21(18)27(23,24)16-7-4-14(20)5-8-16/h4-9,11,13H,3,10,12H2,1-2H3. The largest absolute Gasteiger partial charge is 0.497 e. The zero-order valence-electron chi connectivity index (χ0n) is 15.0. The van der Waals surface area contributed by atoms with Crippen molar-refractivity contribution in [2.45, 2.75) is 23.7 Å². The minimum Gasteiger partial charge on any atom is -0.497 e. The van der Waals surface area contributed by atoms with Crippen LogP contribution in [-0.2, 0) is 19.6 Å². The maximum atomic E-state index is 13.2. The first-order chi connectivity index (χ1) is 12.9. The Morgan fingerprint density at radius 1 is 1.19 bits per heavy atom. The van der Waals surface area contributed by atoms with E-state index in [2.05, 4.69) is 4.74 Å². The molecule has 8 heteroatoms. The maximum absolute atomic E-state index is 13.2. The molecule has 6 nitrogen and oxygen atoms in total. The predicted molar refractivity (Wildman–Crippen MR) is 97.9 cm³/mol. The van der Waals surface area contributed by atoms with Gasteiger partial charge in [0, 0.05) is 18.9 Å². The molecule has 0 N–H and O–H groups in total. The van der Waals surface area contributed by atoms with Gasteiger partial charge >= 0.3 is 5.97 Å². The van der Waals surface area contributed by atoms with Crippen molar-refractivity contribution in [3.63, 3.8) is 0 Å². The fourth-order valence-corrected chi connectivity index (χ4v) is 4.75. The number of methoxy groups -OCH3 is 2. The molecule has 0 saturated heterocycles. The predicted octanol–water partition coefficient (Wildman–Crippen LogP) is 3.08. The second-order valence-corrected chi connectivity index (χ2v) is 8.09. The van der Waals surface area contributed by atoms with Gasteiger partial charge in [0.1, 0.15) is 11.6 Å². The van der Waals surface area contributed by atoms with Crippen LogP contribution in [0.2, 0.25) is 0 Å². The van der Waals surface area contributed by atoms with E-state index in [0.29, 0.717) is 17.9 Å². The van der Waals surface area contributed by atoms with Crippen molar-refractivity contribution < 1.29 is 27.1 Å². The lowest BCUT2D eigenvalue weighted by Gasteiger charge is -2.20. The molecule has 3 rings (SSSR count). The lowest BCUT2D eigenvalue weighted by atomic mass is 9.96. The van der Waals surface area contributed by atoms with Crippen molar-refractivity contribution in [3.8, 4) is 5.75 Å². The number of carbonyl (C=O) groups excluding carboxylic acids is 1. The number of carbonyl (C=O) groups is 1. The third-order valence-corrected chi connectivity index (χ3v) is 6.45. The molecule has 2 aromatic carbocycles. The number of rotatable bonds is 6. The summed E-state index contributed by atoms with van der Waals surface area (Å²) in [4.78, 5) is 11.5. The second kappa shape index (κ2) is 7.56. The number of sulfonamides is 1. The van der Waals surface area contributed by atoms with Crippen LogP contribution in [0, 0.1) is 5.82 Å². The van der Waals surface area contributed by atoms with Crippen molar-refractivity contribution >= 4 is 21.7 Å². The second-order valence-electron chi connectivity index (χ2n) is 6.23. The lowest BCUT2D eigenvalue weighted by Crippen LogP contribution is -2.30. The number of anilines is 1. The number of fused-ring (bicyclic) bond motifs is 1. The van der Waals surface area contributed by atoms with Crippen LogP contribution in [0.4, 0.5) is 10.1 Å². The Balaban J connectivity index is 1.98. The van der Waals surface area contributed by atoms with Gasteiger partial charge in [0.05, 0.1) is 24.8 Å². The topological polar surface area (TPSA) is 72.9 Å². The van der Waals surface area contributed by atoms with Gasteiger partial charge in [0.25, 0.3) is 10.0 Å². The number of benzene rings is 2. The van der Waals surface area contributed by atoms with Crippen molar-refractivity contribution in [2.75, 3.05) is 25.1 Å². The van der Waals surface area contributed by atoms with Crippen molar-refractivity contribution in [3.05, 3.63) is 53.8 Å². The van der Waals surface area contributed by atoms with E-state index in [9.17, 15) is 17.6 Å². The van der Waals surface area contributed by atoms with E-state index in [0.717, 1.165) is 17.7 Å². The molecule has 1 aliphatic rings. The quantitative estimate of drug-likeness (QED) is 0.705. The van der Waals surface area contributed by atoms with Crippen LogP contribution in [0.15, 0.2) is 47.4 Å². The summed E-state index contributed by atoms with van der Waals surface area (Å²) < 4.78 is 50.6. The van der Waals surface area contributed by atoms with Gasteiger partial charge in [-0.25, -0.2) is 12.8 Å². The molecule has 144 valence electrons. The summed E-state index contributed by atoms with van der Waals surface area (Å²) in [5.74, 6) is -0.418. The number of hydrogen-bond acceptors (Lipinski definition) is 5. The van der Waals surface area contributed by atoms with Crippen LogP contribution in [-0.4, -0.2) is 35.2 Å². The average molecular weight is 393 g/mol. The summed E-state index contributed by atoms with van der Waals surface area (Å²) in [5, 5.41) is 0. The van der Waals surface area contributed by atoms with Gasteiger partial charge < -0.3 is 9.47 Å². The number of halogens is 1. The Hall–Kier alpha value is -2.61. The van der Waals surface area contributed by atoms with E-state index in [4.69, 9.17) is 4.74 Å². The molecular formula is C19H20FNO5S. The molecule has 0 fully saturated rings. The van der Waals surface area contributed by atoms with Crippen molar-refractivity contribution in [2.24, 2.45) is 0 Å². The fraction of sp³-hybridized carbons (Fsp3) is 0.316. The molecule has 0 aliphatic carbocycles. The Morgan fingerprint density at radius 2 is 1.89 bits per heavy atom. The number of nitrogens with zero attached hydrogens (tertiary/aromatic N) is 1. The zero-order chi connectivity index (χ0) is 19.6. The molecular weight excluding hydrogens is 373 g/mol. The van der Waals surface area contributed by atoms with Gasteiger partial charge in [-0.2, -0.15) is 0 Å². The summed E-state index contributed by atoms with van der Waals surface area (Å²) >= 11 is 0. The zero-order valence-corrected chi connectivity index (χ0v) is 15.8. The first-order valence-electron chi connectivity index (χ1n) is 8.40. The molecule has 1 heterocycles. The Morgan fingerprint density at radius 3 is 2.52 bits per heavy atom. The first kappa shape index (κ1) is 19.2. The third kappa shape index (κ3) is 3.75. The van der Waals surface area contributed by atoms with Crippen LogP contribution >= 0.6 is 0 Å². The van der Waals surface area contributed by atoms with E-state index in [1.807, 2.05) is 0 Å². The molecule has 1 unspecified atom stereocenters. The fourth-order valence-electron chi connectivity index (χ4n) is 3.21. The summed E-state index contributed by atoms with van der Waals surface area (Å²) in [6.07, 6.45) is 0.629. The lowest BCUT2D eigenvalue weighted by molar-refractivity contribution is -0.140. The summed E-state index contributed by atoms with van der Waals surface area (Å²) in [5.41, 5.74) is 1.33. The number of hydrogen-bond donors (Lipinski definition) is 0. The monoisotopic (exact) mass is 393 g/mol. The highest BCUT2D eigenvalue weighted by molar-refractivity contribution is 7.92. The van der Waals surface area contributed by atoms with Gasteiger partial charge in [-0.05, 0) is 54.4 Å². The highest BCUT2D eigenvalue weighted by atomic mass is 32.2. The first-order valence-corrected chi connectivity index (χ1v) is 9.84. The van der Waals surface area contributed by atoms with Crippen molar-refractivity contribution in [1.29, 1.82) is 0 Å². The van der Waals surface area contributed by atoms with E-state index in [1.165, 1.54) is 30.7 Å². The van der Waals surface area contributed by atoms with E-state index in [-0.39, 0.29) is 29.7 Å². The van der Waals surface area contributed by atoms with Crippen LogP contribution in [0.25, 0.3) is 0 Å². The van der Waals surface area contributed by atoms with E-state index in [1.54, 1.807) is 18.2 Å². The molecule has 1 atom stereocenters. The Bertz CT molecular complexity index is 943. The van der Waals surface area contributed by atoms with Gasteiger partial charge in [0.2, 0.25) is 0 Å². The van der Waals surface area contributed by atoms with Crippen LogP contribution < -0.4 is 9.04 Å². The van der Waals surface area contributed by atoms with Gasteiger partial charge in [-0.3, -0.25) is 9.10 Å². The van der Waals surface area contributed by atoms with E-state index < -0.39 is 15.8 Å². The smallest absolute Gasteiger partial charge is 0.305 e. The van der Waals surface area contributed by atoms with Crippen molar-refractivity contribution in [1.82, 2.24) is 0 Å². The molecule has 0 amide bonds. The SMILES string of the molecule is COC(=O)CCC1CN(S(=O)(=O)c2ccc(F)cc2)c2ccc(OC)cc21. The molecule has 2 aromatic rings. The summed E-state index contributed by atoms with van der Waals surface area (Å²) in [7, 11) is -1.00. The molecule has 27 heavy (non-hydrogen) atoms. The van der Waals surface area contributed by atoms with Gasteiger partial charge in [-0.15, -0.1) is 0 Å².